The fourth-order valence-electron chi connectivity index (χ4n) is 6.86. The van der Waals surface area contributed by atoms with E-state index in [2.05, 4.69) is 65.5 Å². The smallest absolute Gasteiger partial charge is 0.328 e. The number of aliphatic imine (C=N–C) groups is 1. The summed E-state index contributed by atoms with van der Waals surface area (Å²) < 4.78 is 0. The van der Waals surface area contributed by atoms with Crippen molar-refractivity contribution in [3.05, 3.63) is 0 Å². The van der Waals surface area contributed by atoms with E-state index in [1.165, 1.54) is 25.6 Å². The van der Waals surface area contributed by atoms with Gasteiger partial charge in [-0.25, -0.2) is 4.79 Å². The van der Waals surface area contributed by atoms with Crippen LogP contribution in [0, 0.1) is 5.92 Å². The zero-order valence-corrected chi connectivity index (χ0v) is 42.8. The largest absolute Gasteiger partial charge is 0.480 e. The van der Waals surface area contributed by atoms with Gasteiger partial charge in [-0.1, -0.05) is 13.8 Å². The Bertz CT molecular complexity index is 1970. The zero-order chi connectivity index (χ0) is 56.2. The van der Waals surface area contributed by atoms with Gasteiger partial charge >= 0.3 is 5.97 Å². The van der Waals surface area contributed by atoms with E-state index in [0.29, 0.717) is 6.42 Å². The minimum Gasteiger partial charge on any atom is -0.480 e. The number of carboxylic acid groups (broad SMARTS) is 1. The molecule has 0 spiro atoms. The molecule has 1 aliphatic heterocycles. The number of likely N-dealkylation sites (tertiary alicyclic amines) is 1. The van der Waals surface area contributed by atoms with Crippen LogP contribution in [0.25, 0.3) is 0 Å². The van der Waals surface area contributed by atoms with E-state index in [1.54, 1.807) is 6.26 Å². The monoisotopic (exact) mass is 1100 g/mol. The Hall–Kier alpha value is -6.10. The Morgan fingerprint density at radius 1 is 0.622 bits per heavy atom. The van der Waals surface area contributed by atoms with Gasteiger partial charge in [0.25, 0.3) is 0 Å². The summed E-state index contributed by atoms with van der Waals surface area (Å²) in [7, 11) is 0. The summed E-state index contributed by atoms with van der Waals surface area (Å²) in [5.74, 6) is -12.5. The number of carbonyl (C=O) groups is 11. The molecule has 0 unspecified atom stereocenters. The van der Waals surface area contributed by atoms with Crippen LogP contribution < -0.4 is 65.1 Å². The average molecular weight is 1100 g/mol. The van der Waals surface area contributed by atoms with Crippen molar-refractivity contribution in [2.75, 3.05) is 70.4 Å². The molecule has 10 atom stereocenters. The van der Waals surface area contributed by atoms with Crippen LogP contribution in [0.4, 0.5) is 0 Å². The molecule has 420 valence electrons. The molecule has 1 heterocycles. The van der Waals surface area contributed by atoms with Crippen molar-refractivity contribution in [2.45, 2.75) is 106 Å². The highest BCUT2D eigenvalue weighted by Gasteiger charge is 2.40. The summed E-state index contributed by atoms with van der Waals surface area (Å²) in [6.45, 7) is -2.28. The number of hydrogen-bond acceptors (Lipinski definition) is 20. The maximum atomic E-state index is 13.9. The van der Waals surface area contributed by atoms with Crippen LogP contribution in [-0.2, 0) is 52.7 Å². The first-order chi connectivity index (χ1) is 35.0. The third kappa shape index (κ3) is 21.8. The fraction of sp³-hybridized carbons (Fsp3) is 0.707. The number of aliphatic hydroxyl groups is 5. The number of thiol groups is 1. The lowest BCUT2D eigenvalue weighted by molar-refractivity contribution is -0.143. The molecule has 1 saturated heterocycles. The second-order valence-electron chi connectivity index (χ2n) is 16.8. The van der Waals surface area contributed by atoms with E-state index >= 15 is 0 Å². The number of hydrogen-bond donors (Lipinski definition) is 19. The maximum Gasteiger partial charge on any atom is 0.328 e. The van der Waals surface area contributed by atoms with Gasteiger partial charge in [-0.05, 0) is 50.0 Å². The van der Waals surface area contributed by atoms with Gasteiger partial charge in [-0.2, -0.15) is 24.4 Å². The van der Waals surface area contributed by atoms with Crippen LogP contribution >= 0.6 is 24.4 Å². The van der Waals surface area contributed by atoms with Gasteiger partial charge < -0.3 is 101 Å². The molecule has 1 aliphatic rings. The summed E-state index contributed by atoms with van der Waals surface area (Å²) in [6, 6.07) is -15.5. The Balaban J connectivity index is 3.21. The second-order valence-corrected chi connectivity index (χ2v) is 18.2. The topological polar surface area (TPSA) is 511 Å². The summed E-state index contributed by atoms with van der Waals surface area (Å²) in [5, 5.41) is 79.0. The number of thioether (sulfide) groups is 1. The first-order valence-electron chi connectivity index (χ1n) is 23.1. The highest BCUT2D eigenvalue weighted by atomic mass is 32.2. The number of aliphatic hydroxyl groups excluding tert-OH is 5. The Morgan fingerprint density at radius 2 is 1.07 bits per heavy atom. The standard InChI is InChI=1S/C41H72N14O17S2/c1-19(2)30(54-35(66)24(15-58)51-37(68)28-7-5-10-55(28)39(70)25(16-59)46-29(61)12-42)38(69)48-20(6-4-9-45-41(43)44)31(62)53-27(18-73)36(67)50-23(14-57)34(65)49-22(13-56)33(64)47-21(8-11-74-3)32(63)52-26(17-60)40(71)72/h19-28,30,56-60,73H,4-18,42H2,1-3H3,(H,46,61)(H,47,64)(H,48,69)(H,49,65)(H,50,67)(H,51,68)(H,52,63)(H,53,62)(H,54,66)(H,71,72)(H4,43,44,45)/t20-,21-,22-,23-,24-,25-,26-,27-,28-,30-/m0/s1. The molecular formula is C41H72N14O17S2. The van der Waals surface area contributed by atoms with Crippen molar-refractivity contribution >= 4 is 95.4 Å². The molecule has 0 aromatic rings. The van der Waals surface area contributed by atoms with Gasteiger partial charge in [0.2, 0.25) is 59.1 Å². The molecule has 0 bridgehead atoms. The third-order valence-corrected chi connectivity index (χ3v) is 12.0. The van der Waals surface area contributed by atoms with Crippen LogP contribution in [0.2, 0.25) is 0 Å². The number of aliphatic carboxylic acids is 1. The van der Waals surface area contributed by atoms with Crippen molar-refractivity contribution in [3.63, 3.8) is 0 Å². The molecule has 1 fully saturated rings. The number of nitrogens with zero attached hydrogens (tertiary/aromatic N) is 2. The highest BCUT2D eigenvalue weighted by Crippen LogP contribution is 2.19. The maximum absolute atomic E-state index is 13.9. The van der Waals surface area contributed by atoms with Crippen LogP contribution in [0.3, 0.4) is 0 Å². The normalized spacial score (nSPS) is 16.7. The molecule has 74 heavy (non-hydrogen) atoms. The Labute approximate surface area is 435 Å². The number of amides is 10. The van der Waals surface area contributed by atoms with Crippen molar-refractivity contribution in [2.24, 2.45) is 28.1 Å². The van der Waals surface area contributed by atoms with Crippen molar-refractivity contribution in [1.82, 2.24) is 52.8 Å². The van der Waals surface area contributed by atoms with E-state index in [4.69, 9.17) is 17.2 Å². The van der Waals surface area contributed by atoms with Gasteiger partial charge in [0.15, 0.2) is 5.96 Å². The van der Waals surface area contributed by atoms with Crippen molar-refractivity contribution in [1.29, 1.82) is 0 Å². The number of nitrogens with one attached hydrogen (secondary N) is 9. The Kier molecular flexibility index (Phi) is 30.6. The van der Waals surface area contributed by atoms with Gasteiger partial charge in [-0.3, -0.25) is 52.9 Å². The van der Waals surface area contributed by atoms with E-state index in [1.807, 2.05) is 0 Å². The molecule has 0 saturated carbocycles. The molecule has 10 amide bonds. The van der Waals surface area contributed by atoms with E-state index in [-0.39, 0.29) is 50.5 Å². The molecule has 0 radical (unpaired) electrons. The van der Waals surface area contributed by atoms with Crippen molar-refractivity contribution in [3.8, 4) is 0 Å². The van der Waals surface area contributed by atoms with Crippen LogP contribution in [-0.4, -0.2) is 237 Å². The van der Waals surface area contributed by atoms with E-state index in [0.717, 1.165) is 4.90 Å². The minimum atomic E-state index is -1.83. The number of carboxylic acids is 1. The molecule has 33 heteroatoms. The summed E-state index contributed by atoms with van der Waals surface area (Å²) >= 11 is 5.40. The van der Waals surface area contributed by atoms with Crippen molar-refractivity contribution < 1.29 is 83.4 Å². The number of rotatable bonds is 34. The van der Waals surface area contributed by atoms with Crippen LogP contribution in [0.15, 0.2) is 4.99 Å². The summed E-state index contributed by atoms with van der Waals surface area (Å²) in [4.78, 5) is 148. The van der Waals surface area contributed by atoms with Crippen LogP contribution in [0.5, 0.6) is 0 Å². The lowest BCUT2D eigenvalue weighted by Crippen LogP contribution is -2.62. The first-order valence-corrected chi connectivity index (χ1v) is 25.2. The predicted molar refractivity (Wildman–Crippen MR) is 266 cm³/mol. The molecule has 0 aliphatic carbocycles. The van der Waals surface area contributed by atoms with Gasteiger partial charge in [0, 0.05) is 18.8 Å². The molecule has 0 aromatic heterocycles. The molecule has 21 N–H and O–H groups in total. The molecule has 1 rings (SSSR count). The number of carbonyl (C=O) groups excluding carboxylic acids is 10. The van der Waals surface area contributed by atoms with Crippen LogP contribution in [0.1, 0.15) is 46.0 Å². The molecule has 31 nitrogen and oxygen atoms in total. The SMILES string of the molecule is CSCC[C@H](NC(=O)[C@H](CO)NC(=O)[C@H](CO)NC(=O)[C@H](CS)NC(=O)[C@H](CCCN=C(N)N)NC(=O)[C@@H](NC(=O)[C@H](CO)NC(=O)[C@@H]1CCCN1C(=O)[C@H](CO)NC(=O)CN)C(C)C)C(=O)N[C@@H](CO)C(=O)O. The summed E-state index contributed by atoms with van der Waals surface area (Å²) in [6.07, 6.45) is 1.99. The fourth-order valence-corrected chi connectivity index (χ4v) is 7.59. The highest BCUT2D eigenvalue weighted by molar-refractivity contribution is 7.98. The molecule has 0 aromatic carbocycles. The quantitative estimate of drug-likeness (QED) is 0.0123. The van der Waals surface area contributed by atoms with Gasteiger partial charge in [0.1, 0.15) is 60.4 Å². The van der Waals surface area contributed by atoms with E-state index in [9.17, 15) is 83.4 Å². The van der Waals surface area contributed by atoms with E-state index < -0.39 is 177 Å². The third-order valence-electron chi connectivity index (χ3n) is 11.0. The zero-order valence-electron chi connectivity index (χ0n) is 41.1. The molecular weight excluding hydrogens is 1020 g/mol. The summed E-state index contributed by atoms with van der Waals surface area (Å²) in [5.41, 5.74) is 16.1. The minimum absolute atomic E-state index is 0.0333. The second kappa shape index (κ2) is 34.4. The average Bonchev–Trinajstić information content (AvgIpc) is 3.87. The number of guanidine groups is 1. The number of nitrogens with two attached hydrogens (primary N) is 3. The first kappa shape index (κ1) is 65.9. The predicted octanol–water partition coefficient (Wildman–Crippen LogP) is -10.3. The lowest BCUT2D eigenvalue weighted by atomic mass is 10.0. The lowest BCUT2D eigenvalue weighted by Gasteiger charge is -2.30. The Morgan fingerprint density at radius 3 is 1.54 bits per heavy atom. The van der Waals surface area contributed by atoms with Gasteiger partial charge in [0.05, 0.1) is 39.6 Å². The van der Waals surface area contributed by atoms with Gasteiger partial charge in [-0.15, -0.1) is 0 Å².